The minimum atomic E-state index is -2.17. The van der Waals surface area contributed by atoms with Crippen molar-refractivity contribution in [1.82, 2.24) is 0 Å². The van der Waals surface area contributed by atoms with Crippen molar-refractivity contribution in [2.75, 3.05) is 13.2 Å². The first-order valence-corrected chi connectivity index (χ1v) is 3.21. The molecule has 0 saturated heterocycles. The Morgan fingerprint density at radius 1 is 1.33 bits per heavy atom. The normalized spacial score (nSPS) is 22.2. The van der Waals surface area contributed by atoms with E-state index in [1.165, 1.54) is 0 Å². The molecule has 0 aromatic heterocycles. The van der Waals surface area contributed by atoms with Gasteiger partial charge in [-0.3, -0.25) is 4.79 Å². The van der Waals surface area contributed by atoms with Gasteiger partial charge in [0.15, 0.2) is 5.78 Å². The fourth-order valence-electron chi connectivity index (χ4n) is 0.563. The van der Waals surface area contributed by atoms with Crippen LogP contribution in [0.25, 0.3) is 0 Å². The van der Waals surface area contributed by atoms with E-state index in [4.69, 9.17) is 26.9 Å². The van der Waals surface area contributed by atoms with Crippen LogP contribution in [0, 0.1) is 0 Å². The molecule has 0 fully saturated rings. The third-order valence-corrected chi connectivity index (χ3v) is 1.32. The minimum absolute atomic E-state index is 0.834. The van der Waals surface area contributed by atoms with E-state index in [9.17, 15) is 4.79 Å². The molecular weight excluding hydrogens is 168 g/mol. The number of ketones is 1. The Bertz CT molecular complexity index is 173. The van der Waals surface area contributed by atoms with Crippen LogP contribution >= 0.6 is 0 Å². The van der Waals surface area contributed by atoms with Gasteiger partial charge < -0.3 is 25.5 Å². The molecule has 0 unspecified atom stereocenters. The fraction of sp³-hybridized carbons (Fsp3) is 0.833. The van der Waals surface area contributed by atoms with E-state index < -0.39 is 37.3 Å². The molecule has 0 aliphatic rings. The maximum atomic E-state index is 10.7. The molecule has 0 aromatic carbocycles. The summed E-state index contributed by atoms with van der Waals surface area (Å²) in [5.41, 5.74) is 0. The van der Waals surface area contributed by atoms with E-state index in [0.717, 1.165) is 0 Å². The van der Waals surface area contributed by atoms with Crippen molar-refractivity contribution in [1.29, 1.82) is 0 Å². The molecule has 6 nitrogen and oxygen atoms in total. The first-order chi connectivity index (χ1) is 5.91. The third-order valence-electron chi connectivity index (χ3n) is 1.32. The van der Waals surface area contributed by atoms with Crippen LogP contribution in [0.5, 0.6) is 0 Å². The van der Waals surface area contributed by atoms with E-state index in [1.807, 2.05) is 0 Å². The number of carbonyl (C=O) groups excluding carboxylic acids is 1. The van der Waals surface area contributed by atoms with Crippen molar-refractivity contribution in [2.45, 2.75) is 18.3 Å². The number of carbonyl (C=O) groups is 1. The van der Waals surface area contributed by atoms with Crippen molar-refractivity contribution < 1.29 is 31.7 Å². The molecule has 0 heterocycles. The Kier molecular flexibility index (Phi) is 4.12. The summed E-state index contributed by atoms with van der Waals surface area (Å²) in [5.74, 6) is -1.33. The second kappa shape index (κ2) is 5.18. The van der Waals surface area contributed by atoms with Gasteiger partial charge in [0.05, 0.1) is 7.98 Å². The van der Waals surface area contributed by atoms with Gasteiger partial charge in [-0.1, -0.05) is 0 Å². The Hall–Kier alpha value is -0.530. The van der Waals surface area contributed by atoms with Crippen molar-refractivity contribution in [3.63, 3.8) is 0 Å². The second-order valence-electron chi connectivity index (χ2n) is 2.22. The van der Waals surface area contributed by atoms with Crippen molar-refractivity contribution in [3.05, 3.63) is 0 Å². The predicted molar refractivity (Wildman–Crippen MR) is 37.2 cm³/mol. The van der Waals surface area contributed by atoms with Gasteiger partial charge in [0.2, 0.25) is 0 Å². The molecule has 4 atom stereocenters. The molecular formula is C6H12O6. The number of hydrogen-bond donors (Lipinski definition) is 5. The van der Waals surface area contributed by atoms with Crippen LogP contribution in [-0.4, -0.2) is 62.8 Å². The Morgan fingerprint density at radius 3 is 2.17 bits per heavy atom. The fourth-order valence-corrected chi connectivity index (χ4v) is 0.563. The third kappa shape index (κ3) is 2.84. The zero-order valence-electron chi connectivity index (χ0n) is 7.16. The monoisotopic (exact) mass is 181 g/mol. The van der Waals surface area contributed by atoms with Gasteiger partial charge in [0, 0.05) is 0 Å². The Balaban J connectivity index is 4.24. The van der Waals surface area contributed by atoms with E-state index >= 15 is 0 Å². The quantitative estimate of drug-likeness (QED) is 0.302. The molecule has 0 saturated carbocycles. The van der Waals surface area contributed by atoms with Crippen LogP contribution in [-0.2, 0) is 4.79 Å². The second-order valence-corrected chi connectivity index (χ2v) is 2.22. The maximum absolute atomic E-state index is 10.7. The van der Waals surface area contributed by atoms with E-state index in [0.29, 0.717) is 0 Å². The summed E-state index contributed by atoms with van der Waals surface area (Å²) in [6.45, 7) is -3.00. The lowest BCUT2D eigenvalue weighted by molar-refractivity contribution is -0.142. The molecule has 0 aromatic rings. The van der Waals surface area contributed by atoms with E-state index in [1.54, 1.807) is 0 Å². The van der Waals surface area contributed by atoms with Gasteiger partial charge in [0.25, 0.3) is 0 Å². The average Bonchev–Trinajstić information content (AvgIpc) is 2.12. The lowest BCUT2D eigenvalue weighted by atomic mass is 10.1. The minimum Gasteiger partial charge on any atom is -0.394 e. The van der Waals surface area contributed by atoms with Crippen LogP contribution in [0.4, 0.5) is 0 Å². The molecule has 72 valence electrons. The number of aliphatic hydroxyl groups is 5. The van der Waals surface area contributed by atoms with E-state index in [-0.39, 0.29) is 0 Å². The van der Waals surface area contributed by atoms with Gasteiger partial charge in [-0.15, -0.1) is 0 Å². The van der Waals surface area contributed by atoms with Crippen molar-refractivity contribution >= 4 is 5.78 Å². The van der Waals surface area contributed by atoms with Gasteiger partial charge in [0.1, 0.15) is 24.9 Å². The van der Waals surface area contributed by atoms with Crippen LogP contribution in [0.15, 0.2) is 0 Å². The summed E-state index contributed by atoms with van der Waals surface area (Å²) in [6.07, 6.45) is -5.66. The molecule has 12 heavy (non-hydrogen) atoms. The number of aliphatic hydroxyl groups excluding tert-OH is 5. The molecule has 0 radical (unpaired) electrons. The number of hydrogen-bond acceptors (Lipinski definition) is 6. The molecule has 0 rings (SSSR count). The van der Waals surface area contributed by atoms with Gasteiger partial charge in [-0.25, -0.2) is 0 Å². The molecule has 0 bridgehead atoms. The highest BCUT2D eigenvalue weighted by Gasteiger charge is 2.28. The highest BCUT2D eigenvalue weighted by atomic mass is 16.4. The van der Waals surface area contributed by atoms with Crippen LogP contribution in [0.3, 0.4) is 0 Å². The molecule has 0 aliphatic carbocycles. The SMILES string of the molecule is [2H][C@H](O)C(=O)[C@@H](O)[C@H](O)[C@H](O)CO. The van der Waals surface area contributed by atoms with Crippen molar-refractivity contribution in [3.8, 4) is 0 Å². The molecule has 0 amide bonds. The first kappa shape index (κ1) is 9.56. The summed E-state index contributed by atoms with van der Waals surface area (Å²) in [5, 5.41) is 43.3. The largest absolute Gasteiger partial charge is 0.394 e. The molecule has 0 aliphatic heterocycles. The maximum Gasteiger partial charge on any atom is 0.189 e. The van der Waals surface area contributed by atoms with Gasteiger partial charge >= 0.3 is 0 Å². The Labute approximate surface area is 70.1 Å². The molecule has 5 N–H and O–H groups in total. The summed E-state index contributed by atoms with van der Waals surface area (Å²) in [4.78, 5) is 10.7. The van der Waals surface area contributed by atoms with Crippen LogP contribution in [0.2, 0.25) is 0 Å². The summed E-state index contributed by atoms with van der Waals surface area (Å²) >= 11 is 0. The summed E-state index contributed by atoms with van der Waals surface area (Å²) < 4.78 is 6.50. The zero-order chi connectivity index (χ0) is 10.6. The predicted octanol–water partition coefficient (Wildman–Crippen LogP) is -3.38. The van der Waals surface area contributed by atoms with Gasteiger partial charge in [-0.05, 0) is 0 Å². The highest BCUT2D eigenvalue weighted by Crippen LogP contribution is 2.00. The first-order valence-electron chi connectivity index (χ1n) is 3.78. The lowest BCUT2D eigenvalue weighted by Crippen LogP contribution is -2.44. The van der Waals surface area contributed by atoms with Crippen molar-refractivity contribution in [2.24, 2.45) is 0 Å². The van der Waals surface area contributed by atoms with Crippen LogP contribution < -0.4 is 0 Å². The van der Waals surface area contributed by atoms with E-state index in [2.05, 4.69) is 0 Å². The van der Waals surface area contributed by atoms with Crippen LogP contribution in [0.1, 0.15) is 1.37 Å². The standard InChI is InChI=1S/C6H12O6/c7-1-3(9)5(11)6(12)4(10)2-8/h3,5-9,11-12H,1-2H2/t3-,5-,6-/m1/s1/i2D/t2-,3+,5+,6+/m0. The van der Waals surface area contributed by atoms with Gasteiger partial charge in [-0.2, -0.15) is 0 Å². The summed E-state index contributed by atoms with van der Waals surface area (Å²) in [6, 6.07) is 0. The number of Topliss-reactive ketones (excluding diaryl/α,β-unsaturated/α-hetero) is 1. The zero-order valence-corrected chi connectivity index (χ0v) is 6.16. The molecule has 0 spiro atoms. The Morgan fingerprint density at radius 2 is 1.83 bits per heavy atom. The highest BCUT2D eigenvalue weighted by molar-refractivity contribution is 5.84. The topological polar surface area (TPSA) is 118 Å². The average molecular weight is 181 g/mol. The lowest BCUT2D eigenvalue weighted by Gasteiger charge is -2.19. The molecule has 6 heteroatoms. The number of rotatable bonds is 5. The smallest absolute Gasteiger partial charge is 0.189 e. The summed E-state index contributed by atoms with van der Waals surface area (Å²) in [7, 11) is 0.